The molecule has 6 aliphatic carbocycles. The predicted octanol–water partition coefficient (Wildman–Crippen LogP) is 16.2. The van der Waals surface area contributed by atoms with Gasteiger partial charge in [-0.3, -0.25) is 0 Å². The highest BCUT2D eigenvalue weighted by Gasteiger charge is 2.42. The predicted molar refractivity (Wildman–Crippen MR) is 295 cm³/mol. The highest BCUT2D eigenvalue weighted by Crippen LogP contribution is 2.56. The van der Waals surface area contributed by atoms with Crippen LogP contribution in [0.25, 0.3) is 82.8 Å². The van der Waals surface area contributed by atoms with Crippen molar-refractivity contribution in [1.82, 2.24) is 0 Å². The lowest BCUT2D eigenvalue weighted by Crippen LogP contribution is -2.49. The van der Waals surface area contributed by atoms with Gasteiger partial charge in [-0.25, -0.2) is 0 Å². The number of hydrogen-bond donors (Lipinski definition) is 0. The average molecular weight is 897 g/mol. The molecule has 2 atom stereocenters. The molecule has 0 nitrogen and oxygen atoms in total. The molecule has 0 spiro atoms. The van der Waals surface area contributed by atoms with E-state index in [4.69, 9.17) is 0 Å². The summed E-state index contributed by atoms with van der Waals surface area (Å²) in [5, 5.41) is 8.37. The van der Waals surface area contributed by atoms with Crippen LogP contribution in [0.2, 0.25) is 13.1 Å². The summed E-state index contributed by atoms with van der Waals surface area (Å²) in [5.41, 5.74) is 27.2. The van der Waals surface area contributed by atoms with Crippen molar-refractivity contribution in [2.75, 3.05) is 0 Å². The summed E-state index contributed by atoms with van der Waals surface area (Å²) in [6.07, 6.45) is 21.2. The molecule has 0 amide bonds. The van der Waals surface area contributed by atoms with E-state index in [0.717, 1.165) is 0 Å². The van der Waals surface area contributed by atoms with Crippen LogP contribution in [-0.2, 0) is 10.8 Å². The van der Waals surface area contributed by atoms with Crippen LogP contribution in [0.1, 0.15) is 55.5 Å². The average Bonchev–Trinajstić information content (AvgIpc) is 3.85. The summed E-state index contributed by atoms with van der Waals surface area (Å²) in [4.78, 5) is 0. The molecular formula is C68H52Si. The van der Waals surface area contributed by atoms with E-state index in [1.54, 1.807) is 0 Å². The van der Waals surface area contributed by atoms with Crippen molar-refractivity contribution in [1.29, 1.82) is 0 Å². The third-order valence-corrected chi connectivity index (χ3v) is 21.4. The van der Waals surface area contributed by atoms with Gasteiger partial charge in [0.2, 0.25) is 0 Å². The molecule has 8 aromatic carbocycles. The second kappa shape index (κ2) is 13.5. The molecule has 328 valence electrons. The third-order valence-electron chi connectivity index (χ3n) is 17.9. The van der Waals surface area contributed by atoms with Crippen molar-refractivity contribution >= 4 is 45.6 Å². The van der Waals surface area contributed by atoms with Gasteiger partial charge in [0.05, 0.1) is 0 Å². The van der Waals surface area contributed by atoms with Gasteiger partial charge in [-0.2, -0.15) is 0 Å². The minimum absolute atomic E-state index is 0.122. The van der Waals surface area contributed by atoms with E-state index >= 15 is 0 Å². The molecule has 0 saturated carbocycles. The number of fused-ring (bicyclic) bond motifs is 11. The second-order valence-electron chi connectivity index (χ2n) is 22.3. The van der Waals surface area contributed by atoms with Crippen molar-refractivity contribution in [2.24, 2.45) is 11.8 Å². The van der Waals surface area contributed by atoms with E-state index < -0.39 is 8.07 Å². The Morgan fingerprint density at radius 2 is 0.928 bits per heavy atom. The first kappa shape index (κ1) is 39.6. The molecule has 1 heteroatoms. The molecule has 1 aliphatic heterocycles. The fourth-order valence-corrected chi connectivity index (χ4v) is 17.5. The maximum absolute atomic E-state index is 2.67. The van der Waals surface area contributed by atoms with E-state index in [9.17, 15) is 0 Å². The Labute approximate surface area is 406 Å². The Balaban J connectivity index is 1.07. The van der Waals surface area contributed by atoms with Crippen molar-refractivity contribution in [3.05, 3.63) is 244 Å². The SMILES string of the molecule is CC1(C)c2ccccc2-c2ccc(-c3c4ccc(C5=CC6=CC=CC7=CC=C8C=CC=C5C8C76)cc4c(-c4ccc5c(c4)C(C)(C)c4ccccc4-5)c4cc5c(cc34)-c3ccccc3[Si]5(C)C)cc21. The van der Waals surface area contributed by atoms with Crippen LogP contribution in [0, 0.1) is 11.8 Å². The lowest BCUT2D eigenvalue weighted by Gasteiger charge is -2.41. The maximum Gasteiger partial charge on any atom is 0.113 e. The van der Waals surface area contributed by atoms with E-state index in [1.807, 2.05) is 0 Å². The Morgan fingerprint density at radius 3 is 1.61 bits per heavy atom. The highest BCUT2D eigenvalue weighted by atomic mass is 28.3. The molecule has 7 aliphatic rings. The molecule has 8 aromatic rings. The van der Waals surface area contributed by atoms with E-state index in [-0.39, 0.29) is 10.8 Å². The van der Waals surface area contributed by atoms with Crippen LogP contribution in [0.3, 0.4) is 0 Å². The largest absolute Gasteiger partial charge is 0.113 e. The Kier molecular flexibility index (Phi) is 7.74. The quantitative estimate of drug-likeness (QED) is 0.122. The maximum atomic E-state index is 2.67. The summed E-state index contributed by atoms with van der Waals surface area (Å²) >= 11 is 0. The Morgan fingerprint density at radius 1 is 0.391 bits per heavy atom. The summed E-state index contributed by atoms with van der Waals surface area (Å²) in [6.45, 7) is 14.8. The van der Waals surface area contributed by atoms with Crippen LogP contribution >= 0.6 is 0 Å². The standard InChI is InChI=1S/C68H52Si/c1-67(2)57-22-10-7-18-45(57)47-30-28-43(35-59(47)67)64-51-32-27-41(52-34-42-17-13-15-39-25-26-40-16-14-21-50(52)66(40)63(39)42)33-54(51)65(44-29-31-48-46-19-8-11-23-58(46)68(3,4)60(48)36-44)56-38-62-53(37-55(56)64)49-20-9-12-24-61(49)69(62,5)6/h7-38,63,66H,1-6H3. The second-order valence-corrected chi connectivity index (χ2v) is 26.7. The molecule has 0 bridgehead atoms. The molecule has 0 fully saturated rings. The van der Waals surface area contributed by atoms with Gasteiger partial charge in [-0.15, -0.1) is 0 Å². The fourth-order valence-electron chi connectivity index (χ4n) is 14.4. The number of hydrogen-bond acceptors (Lipinski definition) is 0. The molecule has 0 N–H and O–H groups in total. The lowest BCUT2D eigenvalue weighted by molar-refractivity contribution is 0.568. The number of allylic oxidation sites excluding steroid dienone is 14. The van der Waals surface area contributed by atoms with Gasteiger partial charge in [0.25, 0.3) is 0 Å². The molecule has 1 heterocycles. The van der Waals surface area contributed by atoms with Crippen molar-refractivity contribution in [2.45, 2.75) is 51.6 Å². The van der Waals surface area contributed by atoms with Crippen molar-refractivity contribution < 1.29 is 0 Å². The van der Waals surface area contributed by atoms with Gasteiger partial charge < -0.3 is 0 Å². The summed E-state index contributed by atoms with van der Waals surface area (Å²) in [5.74, 6) is 0.666. The minimum atomic E-state index is -2.06. The summed E-state index contributed by atoms with van der Waals surface area (Å²) in [6, 6.07) is 55.1. The Hall–Kier alpha value is -7.32. The number of benzene rings is 8. The molecule has 0 aromatic heterocycles. The molecule has 15 rings (SSSR count). The normalized spacial score (nSPS) is 20.4. The van der Waals surface area contributed by atoms with Gasteiger partial charge in [0.15, 0.2) is 0 Å². The molecule has 0 radical (unpaired) electrons. The van der Waals surface area contributed by atoms with E-state index in [1.165, 1.54) is 143 Å². The third kappa shape index (κ3) is 5.14. The van der Waals surface area contributed by atoms with Crippen LogP contribution in [0.5, 0.6) is 0 Å². The van der Waals surface area contributed by atoms with Crippen LogP contribution in [-0.4, -0.2) is 8.07 Å². The molecule has 2 unspecified atom stereocenters. The van der Waals surface area contributed by atoms with Crippen LogP contribution in [0.4, 0.5) is 0 Å². The zero-order chi connectivity index (χ0) is 46.3. The first-order valence-corrected chi connectivity index (χ1v) is 28.1. The fraction of sp³-hybridized carbons (Fsp3) is 0.147. The summed E-state index contributed by atoms with van der Waals surface area (Å²) < 4.78 is 0. The van der Waals surface area contributed by atoms with Crippen molar-refractivity contribution in [3.8, 4) is 55.6 Å². The highest BCUT2D eigenvalue weighted by molar-refractivity contribution is 7.04. The van der Waals surface area contributed by atoms with Gasteiger partial charge in [0, 0.05) is 22.7 Å². The van der Waals surface area contributed by atoms with Gasteiger partial charge in [0.1, 0.15) is 8.07 Å². The van der Waals surface area contributed by atoms with E-state index in [0.29, 0.717) is 11.8 Å². The smallest absolute Gasteiger partial charge is 0.0623 e. The van der Waals surface area contributed by atoms with Crippen LogP contribution in [0.15, 0.2) is 217 Å². The molecular weight excluding hydrogens is 845 g/mol. The zero-order valence-electron chi connectivity index (χ0n) is 40.1. The zero-order valence-corrected chi connectivity index (χ0v) is 41.1. The molecule has 69 heavy (non-hydrogen) atoms. The summed E-state index contributed by atoms with van der Waals surface area (Å²) in [7, 11) is -2.06. The Bertz CT molecular complexity index is 3970. The van der Waals surface area contributed by atoms with Gasteiger partial charge in [-0.05, 0) is 168 Å². The van der Waals surface area contributed by atoms with Gasteiger partial charge in [-0.1, -0.05) is 211 Å². The topological polar surface area (TPSA) is 0 Å². The van der Waals surface area contributed by atoms with E-state index in [2.05, 4.69) is 235 Å². The first-order valence-electron chi connectivity index (χ1n) is 25.1. The molecule has 0 saturated heterocycles. The first-order chi connectivity index (χ1) is 33.5. The van der Waals surface area contributed by atoms with Crippen LogP contribution < -0.4 is 10.4 Å². The number of rotatable bonds is 3. The lowest BCUT2D eigenvalue weighted by atomic mass is 9.62. The monoisotopic (exact) mass is 896 g/mol. The van der Waals surface area contributed by atoms with Crippen molar-refractivity contribution in [3.63, 3.8) is 0 Å². The minimum Gasteiger partial charge on any atom is -0.0623 e. The van der Waals surface area contributed by atoms with Gasteiger partial charge >= 0.3 is 0 Å².